The summed E-state index contributed by atoms with van der Waals surface area (Å²) < 4.78 is 6.50. The van der Waals surface area contributed by atoms with Crippen molar-refractivity contribution in [3.63, 3.8) is 0 Å². The zero-order chi connectivity index (χ0) is 21.4. The van der Waals surface area contributed by atoms with Crippen LogP contribution in [0.15, 0.2) is 42.5 Å². The van der Waals surface area contributed by atoms with E-state index in [9.17, 15) is 15.2 Å². The quantitative estimate of drug-likeness (QED) is 0.574. The molecule has 0 spiro atoms. The van der Waals surface area contributed by atoms with Crippen LogP contribution in [0.25, 0.3) is 0 Å². The highest BCUT2D eigenvalue weighted by atomic mass is 16.6. The van der Waals surface area contributed by atoms with Crippen molar-refractivity contribution in [2.24, 2.45) is 5.41 Å². The van der Waals surface area contributed by atoms with Gasteiger partial charge in [0, 0.05) is 30.6 Å². The topological polar surface area (TPSA) is 75.8 Å². The number of ether oxygens (including phenoxy) is 1. The van der Waals surface area contributed by atoms with Crippen molar-refractivity contribution in [1.29, 1.82) is 0 Å². The molecular weight excluding hydrogens is 356 g/mol. The molecule has 1 aromatic rings. The summed E-state index contributed by atoms with van der Waals surface area (Å²) in [5.74, 6) is 0.612. The number of β-amino-alcohol motifs (C(OH)–C–C–N with tert-alkyl or cyclic N) is 1. The first-order valence-corrected chi connectivity index (χ1v) is 9.83. The van der Waals surface area contributed by atoms with Crippen molar-refractivity contribution < 1.29 is 14.8 Å². The van der Waals surface area contributed by atoms with Crippen LogP contribution in [0.5, 0.6) is 5.75 Å². The van der Waals surface area contributed by atoms with Gasteiger partial charge in [-0.1, -0.05) is 52.0 Å². The number of hydrogen-bond donors (Lipinski definition) is 1. The molecule has 0 aliphatic carbocycles. The Morgan fingerprint density at radius 2 is 1.86 bits per heavy atom. The Bertz CT molecular complexity index is 712. The van der Waals surface area contributed by atoms with Crippen molar-refractivity contribution in [3.05, 3.63) is 58.2 Å². The van der Waals surface area contributed by atoms with Gasteiger partial charge in [0.25, 0.3) is 5.69 Å². The molecule has 0 saturated heterocycles. The molecule has 1 N–H and O–H groups in total. The van der Waals surface area contributed by atoms with Gasteiger partial charge in [0.15, 0.2) is 5.72 Å². The Labute approximate surface area is 168 Å². The van der Waals surface area contributed by atoms with E-state index in [2.05, 4.69) is 24.8 Å². The van der Waals surface area contributed by atoms with E-state index in [0.717, 1.165) is 6.42 Å². The summed E-state index contributed by atoms with van der Waals surface area (Å²) in [5, 5.41) is 20.6. The lowest BCUT2D eigenvalue weighted by Gasteiger charge is -2.50. The molecule has 1 heterocycles. The maximum absolute atomic E-state index is 11.0. The molecule has 1 unspecified atom stereocenters. The fourth-order valence-electron chi connectivity index (χ4n) is 3.20. The van der Waals surface area contributed by atoms with E-state index in [1.54, 1.807) is 6.07 Å². The van der Waals surface area contributed by atoms with Crippen LogP contribution >= 0.6 is 0 Å². The zero-order valence-corrected chi connectivity index (χ0v) is 17.9. The van der Waals surface area contributed by atoms with Gasteiger partial charge in [0.2, 0.25) is 0 Å². The second-order valence-electron chi connectivity index (χ2n) is 7.41. The van der Waals surface area contributed by atoms with Crippen molar-refractivity contribution in [3.8, 4) is 5.75 Å². The molecule has 6 heteroatoms. The minimum Gasteiger partial charge on any atom is -0.472 e. The molecule has 28 heavy (non-hydrogen) atoms. The maximum Gasteiger partial charge on any atom is 0.269 e. The maximum atomic E-state index is 11.0. The molecule has 156 valence electrons. The van der Waals surface area contributed by atoms with Gasteiger partial charge in [-0.15, -0.1) is 0 Å². The Kier molecular flexibility index (Phi) is 8.85. The number of benzene rings is 1. The average molecular weight is 391 g/mol. The number of nitrogens with zero attached hydrogens (tertiary/aromatic N) is 2. The van der Waals surface area contributed by atoms with E-state index in [0.29, 0.717) is 24.4 Å². The van der Waals surface area contributed by atoms with Gasteiger partial charge >= 0.3 is 0 Å². The normalized spacial score (nSPS) is 24.0. The number of aliphatic hydroxyl groups is 1. The third-order valence-electron chi connectivity index (χ3n) is 5.24. The van der Waals surface area contributed by atoms with Crippen LogP contribution < -0.4 is 4.74 Å². The summed E-state index contributed by atoms with van der Waals surface area (Å²) in [4.78, 5) is 12.7. The number of allylic oxidation sites excluding steroid dienone is 3. The Morgan fingerprint density at radius 3 is 2.43 bits per heavy atom. The Morgan fingerprint density at radius 1 is 1.21 bits per heavy atom. The number of aliphatic hydroxyl groups excluding tert-OH is 1. The number of nitro benzene ring substituents is 1. The minimum atomic E-state index is -0.713. The van der Waals surface area contributed by atoms with Gasteiger partial charge in [-0.05, 0) is 31.9 Å². The van der Waals surface area contributed by atoms with Crippen LogP contribution in [0, 0.1) is 22.5 Å². The molecule has 0 aromatic heterocycles. The van der Waals surface area contributed by atoms with Gasteiger partial charge in [0.1, 0.15) is 5.75 Å². The molecule has 1 aliphatic rings. The molecule has 2 rings (SSSR count). The lowest BCUT2D eigenvalue weighted by molar-refractivity contribution is -0.384. The number of rotatable bonds is 5. The summed E-state index contributed by atoms with van der Waals surface area (Å²) >= 11 is 0. The summed E-state index contributed by atoms with van der Waals surface area (Å²) in [6, 6.07) is 4.64. The van der Waals surface area contributed by atoms with Gasteiger partial charge in [-0.25, -0.2) is 0 Å². The smallest absolute Gasteiger partial charge is 0.269 e. The van der Waals surface area contributed by atoms with Gasteiger partial charge in [-0.3, -0.25) is 15.0 Å². The van der Waals surface area contributed by atoms with Crippen molar-refractivity contribution >= 4 is 5.69 Å². The molecule has 0 bridgehead atoms. The van der Waals surface area contributed by atoms with Gasteiger partial charge < -0.3 is 9.84 Å². The summed E-state index contributed by atoms with van der Waals surface area (Å²) in [6.45, 7) is 13.2. The second kappa shape index (κ2) is 10.4. The van der Waals surface area contributed by atoms with E-state index in [4.69, 9.17) is 4.74 Å². The largest absolute Gasteiger partial charge is 0.472 e. The van der Waals surface area contributed by atoms with E-state index >= 15 is 0 Å². The predicted octanol–water partition coefficient (Wildman–Crippen LogP) is 4.86. The van der Waals surface area contributed by atoms with Crippen LogP contribution in [-0.2, 0) is 0 Å². The molecule has 0 radical (unpaired) electrons. The van der Waals surface area contributed by atoms with Crippen LogP contribution in [0.2, 0.25) is 0 Å². The molecule has 6 nitrogen and oxygen atoms in total. The van der Waals surface area contributed by atoms with Gasteiger partial charge in [0.05, 0.1) is 11.5 Å². The van der Waals surface area contributed by atoms with Crippen LogP contribution in [0.4, 0.5) is 5.69 Å². The lowest BCUT2D eigenvalue weighted by Crippen LogP contribution is -2.60. The van der Waals surface area contributed by atoms with Crippen LogP contribution in [0.1, 0.15) is 46.6 Å². The summed E-state index contributed by atoms with van der Waals surface area (Å²) in [6.07, 6.45) is 8.98. The first-order valence-electron chi connectivity index (χ1n) is 9.83. The lowest BCUT2D eigenvalue weighted by atomic mass is 9.77. The van der Waals surface area contributed by atoms with E-state index in [1.165, 1.54) is 12.1 Å². The average Bonchev–Trinajstić information content (AvgIpc) is 2.70. The van der Waals surface area contributed by atoms with E-state index in [1.807, 2.05) is 45.9 Å². The fraction of sp³-hybridized carbons (Fsp3) is 0.545. The molecule has 1 aliphatic heterocycles. The zero-order valence-electron chi connectivity index (χ0n) is 17.9. The molecule has 1 aromatic carbocycles. The molecular formula is C22H34N2O4. The fourth-order valence-corrected chi connectivity index (χ4v) is 3.20. The predicted molar refractivity (Wildman–Crippen MR) is 114 cm³/mol. The number of aryl methyl sites for hydroxylation is 1. The Balaban J connectivity index is 0.00000190. The molecule has 0 saturated carbocycles. The van der Waals surface area contributed by atoms with Crippen molar-refractivity contribution in [1.82, 2.24) is 4.90 Å². The van der Waals surface area contributed by atoms with Crippen molar-refractivity contribution in [2.45, 2.75) is 53.7 Å². The number of non-ortho nitro benzene ring substituents is 1. The van der Waals surface area contributed by atoms with Crippen molar-refractivity contribution in [2.75, 3.05) is 19.7 Å². The first kappa shape index (κ1) is 23.9. The monoisotopic (exact) mass is 390 g/mol. The van der Waals surface area contributed by atoms with E-state index < -0.39 is 10.6 Å². The molecule has 0 fully saturated rings. The number of nitro groups is 1. The highest BCUT2D eigenvalue weighted by Gasteiger charge is 2.47. The summed E-state index contributed by atoms with van der Waals surface area (Å²) in [5.41, 5.74) is -0.216. The molecule has 1 atom stereocenters. The highest BCUT2D eigenvalue weighted by Crippen LogP contribution is 2.42. The molecule has 0 amide bonds. The van der Waals surface area contributed by atoms with Gasteiger partial charge in [-0.2, -0.15) is 0 Å². The standard InChI is InChI=1S/C20H28N2O4.C2H6/c1-16-15-17(22(24)25)9-10-18(16)26-20(4)19(2,3)11-7-5-6-8-12-21(20)13-14-23;1-2/h5-10,15,23H,11-14H2,1-4H3;1-2H3/b7-5-,8-6-;. The third kappa shape index (κ3) is 5.42. The SMILES string of the molecule is CC.Cc1cc([N+](=O)[O-])ccc1OC1(C)N(CCO)C/C=C\C=C/CC1(C)C. The second-order valence-corrected chi connectivity index (χ2v) is 7.41. The third-order valence-corrected chi connectivity index (χ3v) is 5.24. The first-order chi connectivity index (χ1) is 13.2. The summed E-state index contributed by atoms with van der Waals surface area (Å²) in [7, 11) is 0. The highest BCUT2D eigenvalue weighted by molar-refractivity contribution is 5.43. The minimum absolute atomic E-state index is 0.0234. The Hall–Kier alpha value is -2.18. The number of hydrogen-bond acceptors (Lipinski definition) is 5. The van der Waals surface area contributed by atoms with E-state index in [-0.39, 0.29) is 17.7 Å². The van der Waals surface area contributed by atoms with Crippen LogP contribution in [-0.4, -0.2) is 40.4 Å². The van der Waals surface area contributed by atoms with Crippen LogP contribution in [0.3, 0.4) is 0 Å².